The highest BCUT2D eigenvalue weighted by Crippen LogP contribution is 2.31. The number of likely N-dealkylation sites (tertiary alicyclic amines) is 1. The average molecular weight is 449 g/mol. The van der Waals surface area contributed by atoms with E-state index in [0.717, 1.165) is 24.1 Å². The van der Waals surface area contributed by atoms with Crippen molar-refractivity contribution in [1.82, 2.24) is 30.0 Å². The molecule has 32 heavy (non-hydrogen) atoms. The lowest BCUT2D eigenvalue weighted by atomic mass is 9.92. The summed E-state index contributed by atoms with van der Waals surface area (Å²) in [5.74, 6) is 0.951. The molecule has 4 aromatic rings. The van der Waals surface area contributed by atoms with E-state index in [1.165, 1.54) is 0 Å². The summed E-state index contributed by atoms with van der Waals surface area (Å²) in [6, 6.07) is 9.19. The number of amides is 1. The van der Waals surface area contributed by atoms with E-state index in [1.807, 2.05) is 23.1 Å². The quantitative estimate of drug-likeness (QED) is 0.490. The highest BCUT2D eigenvalue weighted by Gasteiger charge is 2.33. The Kier molecular flexibility index (Phi) is 5.45. The molecular formula is C23H21ClN6O2. The van der Waals surface area contributed by atoms with Gasteiger partial charge in [0.1, 0.15) is 5.69 Å². The van der Waals surface area contributed by atoms with Crippen LogP contribution >= 0.6 is 11.6 Å². The van der Waals surface area contributed by atoms with Crippen molar-refractivity contribution in [1.29, 1.82) is 0 Å². The smallest absolute Gasteiger partial charge is 0.274 e. The molecule has 0 bridgehead atoms. The van der Waals surface area contributed by atoms with Gasteiger partial charge in [0, 0.05) is 54.4 Å². The van der Waals surface area contributed by atoms with Crippen molar-refractivity contribution in [3.63, 3.8) is 0 Å². The zero-order chi connectivity index (χ0) is 22.1. The van der Waals surface area contributed by atoms with E-state index in [0.29, 0.717) is 34.5 Å². The van der Waals surface area contributed by atoms with Crippen LogP contribution in [-0.2, 0) is 0 Å². The number of hydrogen-bond acceptors (Lipinski definition) is 6. The number of piperidine rings is 1. The first-order valence-electron chi connectivity index (χ1n) is 10.4. The maximum Gasteiger partial charge on any atom is 0.274 e. The Morgan fingerprint density at radius 3 is 2.94 bits per heavy atom. The number of carbonyl (C=O) groups excluding carboxylic acids is 1. The van der Waals surface area contributed by atoms with Gasteiger partial charge in [-0.2, -0.15) is 4.98 Å². The molecule has 1 fully saturated rings. The number of nitrogens with zero attached hydrogens (tertiary/aromatic N) is 5. The fraction of sp³-hybridized carbons (Fsp3) is 0.261. The summed E-state index contributed by atoms with van der Waals surface area (Å²) in [4.78, 5) is 31.4. The van der Waals surface area contributed by atoms with Crippen LogP contribution in [0.1, 0.15) is 41.9 Å². The van der Waals surface area contributed by atoms with Crippen LogP contribution in [-0.4, -0.2) is 48.5 Å². The van der Waals surface area contributed by atoms with Crippen LogP contribution in [0.25, 0.3) is 22.8 Å². The van der Waals surface area contributed by atoms with Gasteiger partial charge in [0.15, 0.2) is 5.82 Å². The molecule has 1 saturated heterocycles. The lowest BCUT2D eigenvalue weighted by Gasteiger charge is -2.37. The zero-order valence-corrected chi connectivity index (χ0v) is 18.2. The molecule has 0 spiro atoms. The molecule has 2 atom stereocenters. The van der Waals surface area contributed by atoms with Crippen LogP contribution in [0.15, 0.2) is 59.6 Å². The largest absolute Gasteiger partial charge is 0.356 e. The summed E-state index contributed by atoms with van der Waals surface area (Å²) < 4.78 is 5.42. The molecule has 1 aliphatic heterocycles. The highest BCUT2D eigenvalue weighted by atomic mass is 35.5. The van der Waals surface area contributed by atoms with Crippen molar-refractivity contribution in [3.05, 3.63) is 71.5 Å². The van der Waals surface area contributed by atoms with Crippen LogP contribution < -0.4 is 0 Å². The van der Waals surface area contributed by atoms with Crippen molar-refractivity contribution in [2.75, 3.05) is 6.54 Å². The molecule has 1 amide bonds. The van der Waals surface area contributed by atoms with Gasteiger partial charge in [-0.25, -0.2) is 0 Å². The van der Waals surface area contributed by atoms with Crippen molar-refractivity contribution >= 4 is 17.5 Å². The Labute approximate surface area is 189 Å². The summed E-state index contributed by atoms with van der Waals surface area (Å²) in [6.45, 7) is 2.59. The first kappa shape index (κ1) is 20.4. The minimum Gasteiger partial charge on any atom is -0.356 e. The van der Waals surface area contributed by atoms with E-state index >= 15 is 0 Å². The number of rotatable bonds is 4. The maximum atomic E-state index is 13.4. The van der Waals surface area contributed by atoms with Gasteiger partial charge in [0.2, 0.25) is 0 Å². The predicted octanol–water partition coefficient (Wildman–Crippen LogP) is 4.58. The third kappa shape index (κ3) is 4.01. The fourth-order valence-electron chi connectivity index (χ4n) is 4.00. The van der Waals surface area contributed by atoms with E-state index < -0.39 is 0 Å². The molecule has 162 valence electrons. The van der Waals surface area contributed by atoms with E-state index in [1.54, 1.807) is 36.9 Å². The predicted molar refractivity (Wildman–Crippen MR) is 119 cm³/mol. The summed E-state index contributed by atoms with van der Waals surface area (Å²) in [5, 5.41) is 4.74. The molecule has 0 saturated carbocycles. The molecule has 1 aliphatic rings. The topological polar surface area (TPSA) is 101 Å². The van der Waals surface area contributed by atoms with Gasteiger partial charge in [-0.3, -0.25) is 14.8 Å². The number of H-pyrrole nitrogens is 1. The second kappa shape index (κ2) is 8.55. The summed E-state index contributed by atoms with van der Waals surface area (Å²) in [5.41, 5.74) is 2.86. The first-order valence-corrected chi connectivity index (χ1v) is 10.8. The zero-order valence-electron chi connectivity index (χ0n) is 17.4. The number of aromatic amines is 1. The van der Waals surface area contributed by atoms with Crippen molar-refractivity contribution in [3.8, 4) is 22.8 Å². The normalized spacial score (nSPS) is 18.6. The van der Waals surface area contributed by atoms with Crippen molar-refractivity contribution in [2.45, 2.75) is 31.7 Å². The van der Waals surface area contributed by atoms with Gasteiger partial charge in [-0.05, 0) is 50.1 Å². The highest BCUT2D eigenvalue weighted by molar-refractivity contribution is 6.30. The third-order valence-electron chi connectivity index (χ3n) is 5.79. The van der Waals surface area contributed by atoms with Gasteiger partial charge in [-0.1, -0.05) is 16.8 Å². The van der Waals surface area contributed by atoms with Crippen LogP contribution in [0.4, 0.5) is 0 Å². The van der Waals surface area contributed by atoms with E-state index in [4.69, 9.17) is 16.1 Å². The maximum absolute atomic E-state index is 13.4. The number of hydrogen-bond donors (Lipinski definition) is 1. The number of nitrogens with one attached hydrogen (secondary N) is 1. The SMILES string of the molecule is C[C@@H]1CC[C@H](c2noc(-c3cc(Cl)c[nH]3)n2)CN1C(=O)c1ccnc(-c2cccnc2)c1. The first-order chi connectivity index (χ1) is 15.6. The molecule has 9 heteroatoms. The molecule has 0 radical (unpaired) electrons. The Hall–Kier alpha value is -3.52. The second-order valence-corrected chi connectivity index (χ2v) is 8.38. The molecule has 4 aromatic heterocycles. The molecule has 1 N–H and O–H groups in total. The summed E-state index contributed by atoms with van der Waals surface area (Å²) in [7, 11) is 0. The van der Waals surface area contributed by atoms with E-state index in [9.17, 15) is 4.79 Å². The van der Waals surface area contributed by atoms with Gasteiger partial charge in [0.25, 0.3) is 11.8 Å². The van der Waals surface area contributed by atoms with Gasteiger partial charge >= 0.3 is 0 Å². The van der Waals surface area contributed by atoms with Crippen molar-refractivity contribution in [2.24, 2.45) is 0 Å². The molecule has 5 heterocycles. The summed E-state index contributed by atoms with van der Waals surface area (Å²) in [6.07, 6.45) is 8.51. The number of aromatic nitrogens is 5. The van der Waals surface area contributed by atoms with Crippen LogP contribution in [0.3, 0.4) is 0 Å². The molecule has 5 rings (SSSR count). The molecule has 0 unspecified atom stereocenters. The Morgan fingerprint density at radius 2 is 2.16 bits per heavy atom. The minimum atomic E-state index is -0.0328. The molecule has 0 aromatic carbocycles. The Balaban J connectivity index is 1.36. The second-order valence-electron chi connectivity index (χ2n) is 7.94. The Bertz CT molecular complexity index is 1240. The number of pyridine rings is 2. The van der Waals surface area contributed by atoms with E-state index in [2.05, 4.69) is 32.0 Å². The van der Waals surface area contributed by atoms with Crippen molar-refractivity contribution < 1.29 is 9.32 Å². The third-order valence-corrected chi connectivity index (χ3v) is 6.01. The monoisotopic (exact) mass is 448 g/mol. The van der Waals surface area contributed by atoms with Crippen LogP contribution in [0.2, 0.25) is 5.02 Å². The molecule has 0 aliphatic carbocycles. The number of halogens is 1. The Morgan fingerprint density at radius 1 is 1.25 bits per heavy atom. The standard InChI is InChI=1S/C23H21ClN6O2/c1-14-4-5-17(21-28-22(32-29-21)20-10-18(24)12-27-20)13-30(14)23(31)15-6-8-26-19(9-15)16-3-2-7-25-11-16/h2-3,6-12,14,17,27H,4-5,13H2,1H3/t14-,17+/m1/s1. The van der Waals surface area contributed by atoms with Crippen LogP contribution in [0, 0.1) is 0 Å². The summed E-state index contributed by atoms with van der Waals surface area (Å²) >= 11 is 5.97. The molecular weight excluding hydrogens is 428 g/mol. The average Bonchev–Trinajstić information content (AvgIpc) is 3.49. The van der Waals surface area contributed by atoms with Gasteiger partial charge in [0.05, 0.1) is 10.7 Å². The van der Waals surface area contributed by atoms with E-state index in [-0.39, 0.29) is 17.9 Å². The molecule has 8 nitrogen and oxygen atoms in total. The van der Waals surface area contributed by atoms with Crippen LogP contribution in [0.5, 0.6) is 0 Å². The van der Waals surface area contributed by atoms with Gasteiger partial charge in [-0.15, -0.1) is 0 Å². The minimum absolute atomic E-state index is 0.00212. The van der Waals surface area contributed by atoms with Gasteiger partial charge < -0.3 is 14.4 Å². The number of carbonyl (C=O) groups is 1. The fourth-order valence-corrected chi connectivity index (χ4v) is 4.17. The lowest BCUT2D eigenvalue weighted by molar-refractivity contribution is 0.0604. The lowest BCUT2D eigenvalue weighted by Crippen LogP contribution is -2.45.